The lowest BCUT2D eigenvalue weighted by atomic mass is 10.1. The molecule has 5 heteroatoms. The minimum Gasteiger partial charge on any atom is -0.389 e. The van der Waals surface area contributed by atoms with Gasteiger partial charge in [0.15, 0.2) is 0 Å². The molecule has 0 aliphatic heterocycles. The Kier molecular flexibility index (Phi) is 14.1. The van der Waals surface area contributed by atoms with Gasteiger partial charge in [-0.15, -0.1) is 0 Å². The predicted octanol–water partition coefficient (Wildman–Crippen LogP) is 1.05. The van der Waals surface area contributed by atoms with Crippen molar-refractivity contribution >= 4 is 0 Å². The van der Waals surface area contributed by atoms with Crippen LogP contribution in [0, 0.1) is 5.92 Å². The molecule has 0 radical (unpaired) electrons. The zero-order chi connectivity index (χ0) is 14.3. The van der Waals surface area contributed by atoms with E-state index in [9.17, 15) is 5.11 Å². The van der Waals surface area contributed by atoms with Gasteiger partial charge in [-0.1, -0.05) is 13.8 Å². The molecular weight excluding hydrogens is 246 g/mol. The zero-order valence-electron chi connectivity index (χ0n) is 12.7. The van der Waals surface area contributed by atoms with Gasteiger partial charge in [0.1, 0.15) is 0 Å². The van der Waals surface area contributed by atoms with E-state index in [4.69, 9.17) is 14.2 Å². The second kappa shape index (κ2) is 14.2. The van der Waals surface area contributed by atoms with Gasteiger partial charge in [-0.05, 0) is 18.8 Å². The van der Waals surface area contributed by atoms with E-state index >= 15 is 0 Å². The third kappa shape index (κ3) is 15.7. The Bertz CT molecular complexity index is 179. The van der Waals surface area contributed by atoms with Crippen molar-refractivity contribution in [1.82, 2.24) is 5.32 Å². The minimum absolute atomic E-state index is 0.398. The zero-order valence-corrected chi connectivity index (χ0v) is 12.7. The molecule has 0 saturated carbocycles. The molecule has 2 N–H and O–H groups in total. The molecule has 0 saturated heterocycles. The molecule has 0 rings (SSSR count). The summed E-state index contributed by atoms with van der Waals surface area (Å²) >= 11 is 0. The fourth-order valence-corrected chi connectivity index (χ4v) is 1.53. The molecule has 1 unspecified atom stereocenters. The van der Waals surface area contributed by atoms with Crippen molar-refractivity contribution in [3.63, 3.8) is 0 Å². The summed E-state index contributed by atoms with van der Waals surface area (Å²) in [5, 5.41) is 12.8. The predicted molar refractivity (Wildman–Crippen MR) is 76.5 cm³/mol. The molecule has 0 spiro atoms. The summed E-state index contributed by atoms with van der Waals surface area (Å²) in [5.74, 6) is 0.716. The van der Waals surface area contributed by atoms with Gasteiger partial charge in [0.25, 0.3) is 0 Å². The Labute approximate surface area is 117 Å². The van der Waals surface area contributed by atoms with E-state index in [1.807, 2.05) is 0 Å². The summed E-state index contributed by atoms with van der Waals surface area (Å²) in [5.41, 5.74) is 0. The third-order valence-electron chi connectivity index (χ3n) is 2.62. The Morgan fingerprint density at radius 1 is 1.05 bits per heavy atom. The molecule has 0 fully saturated rings. The number of aliphatic hydroxyl groups excluding tert-OH is 1. The van der Waals surface area contributed by atoms with E-state index < -0.39 is 6.10 Å². The van der Waals surface area contributed by atoms with Gasteiger partial charge in [0.05, 0.1) is 32.5 Å². The Morgan fingerprint density at radius 2 is 1.84 bits per heavy atom. The summed E-state index contributed by atoms with van der Waals surface area (Å²) in [4.78, 5) is 0. The highest BCUT2D eigenvalue weighted by Gasteiger charge is 2.03. The van der Waals surface area contributed by atoms with Crippen LogP contribution in [-0.2, 0) is 14.2 Å². The topological polar surface area (TPSA) is 60.0 Å². The molecule has 0 heterocycles. The number of nitrogens with one attached hydrogen (secondary N) is 1. The van der Waals surface area contributed by atoms with Crippen molar-refractivity contribution in [2.45, 2.75) is 32.8 Å². The highest BCUT2D eigenvalue weighted by Crippen LogP contribution is 2.03. The van der Waals surface area contributed by atoms with Gasteiger partial charge >= 0.3 is 0 Å². The van der Waals surface area contributed by atoms with Gasteiger partial charge in [-0.2, -0.15) is 0 Å². The van der Waals surface area contributed by atoms with Crippen molar-refractivity contribution in [3.05, 3.63) is 0 Å². The van der Waals surface area contributed by atoms with Crippen LogP contribution in [0.15, 0.2) is 0 Å². The minimum atomic E-state index is -0.446. The van der Waals surface area contributed by atoms with E-state index in [-0.39, 0.29) is 0 Å². The standard InChI is InChI=1S/C14H31NO4/c1-13(2)5-4-7-19-12-14(16)11-15-6-8-18-10-9-17-3/h13-16H,4-12H2,1-3H3. The van der Waals surface area contributed by atoms with Gasteiger partial charge in [-0.25, -0.2) is 0 Å². The van der Waals surface area contributed by atoms with Gasteiger partial charge in [0.2, 0.25) is 0 Å². The van der Waals surface area contributed by atoms with Crippen LogP contribution in [0.1, 0.15) is 26.7 Å². The monoisotopic (exact) mass is 277 g/mol. The molecule has 0 aromatic rings. The number of hydrogen-bond acceptors (Lipinski definition) is 5. The van der Waals surface area contributed by atoms with Crippen molar-refractivity contribution < 1.29 is 19.3 Å². The maximum atomic E-state index is 9.65. The average molecular weight is 277 g/mol. The quantitative estimate of drug-likeness (QED) is 0.465. The molecule has 0 bridgehead atoms. The first-order valence-corrected chi connectivity index (χ1v) is 7.20. The number of ether oxygens (including phenoxy) is 3. The maximum absolute atomic E-state index is 9.65. The SMILES string of the molecule is COCCOCCNCC(O)COCCCC(C)C. The molecule has 0 amide bonds. The van der Waals surface area contributed by atoms with E-state index in [0.717, 1.165) is 19.6 Å². The lowest BCUT2D eigenvalue weighted by molar-refractivity contribution is 0.0324. The summed E-state index contributed by atoms with van der Waals surface area (Å²) in [6, 6.07) is 0. The van der Waals surface area contributed by atoms with Crippen molar-refractivity contribution in [2.75, 3.05) is 53.2 Å². The second-order valence-electron chi connectivity index (χ2n) is 5.07. The van der Waals surface area contributed by atoms with E-state index in [1.54, 1.807) is 7.11 Å². The first kappa shape index (κ1) is 18.8. The van der Waals surface area contributed by atoms with Crippen LogP contribution in [0.2, 0.25) is 0 Å². The maximum Gasteiger partial charge on any atom is 0.0897 e. The molecule has 19 heavy (non-hydrogen) atoms. The molecule has 0 aliphatic rings. The van der Waals surface area contributed by atoms with Crippen LogP contribution in [0.4, 0.5) is 0 Å². The van der Waals surface area contributed by atoms with Crippen LogP contribution in [-0.4, -0.2) is 64.4 Å². The van der Waals surface area contributed by atoms with Crippen LogP contribution in [0.5, 0.6) is 0 Å². The van der Waals surface area contributed by atoms with Crippen LogP contribution in [0.25, 0.3) is 0 Å². The smallest absolute Gasteiger partial charge is 0.0897 e. The van der Waals surface area contributed by atoms with Gasteiger partial charge in [0, 0.05) is 26.8 Å². The second-order valence-corrected chi connectivity index (χ2v) is 5.07. The molecule has 116 valence electrons. The van der Waals surface area contributed by atoms with Crippen molar-refractivity contribution in [1.29, 1.82) is 0 Å². The molecule has 0 aliphatic carbocycles. The van der Waals surface area contributed by atoms with Gasteiger partial charge < -0.3 is 24.6 Å². The van der Waals surface area contributed by atoms with Crippen LogP contribution in [0.3, 0.4) is 0 Å². The van der Waals surface area contributed by atoms with Crippen LogP contribution < -0.4 is 5.32 Å². The molecule has 5 nitrogen and oxygen atoms in total. The largest absolute Gasteiger partial charge is 0.389 e. The number of hydrogen-bond donors (Lipinski definition) is 2. The Balaban J connectivity index is 3.14. The van der Waals surface area contributed by atoms with Crippen LogP contribution >= 0.6 is 0 Å². The van der Waals surface area contributed by atoms with Crippen molar-refractivity contribution in [3.8, 4) is 0 Å². The fraction of sp³-hybridized carbons (Fsp3) is 1.00. The van der Waals surface area contributed by atoms with Crippen molar-refractivity contribution in [2.24, 2.45) is 5.92 Å². The molecule has 0 aromatic carbocycles. The highest BCUT2D eigenvalue weighted by atomic mass is 16.5. The van der Waals surface area contributed by atoms with E-state index in [1.165, 1.54) is 6.42 Å². The number of aliphatic hydroxyl groups is 1. The fourth-order valence-electron chi connectivity index (χ4n) is 1.53. The lowest BCUT2D eigenvalue weighted by Crippen LogP contribution is -2.32. The summed E-state index contributed by atoms with van der Waals surface area (Å²) in [6.45, 7) is 8.66. The lowest BCUT2D eigenvalue weighted by Gasteiger charge is -2.13. The number of methoxy groups -OCH3 is 1. The molecule has 0 aromatic heterocycles. The van der Waals surface area contributed by atoms with E-state index in [2.05, 4.69) is 19.2 Å². The first-order chi connectivity index (χ1) is 9.16. The molecular formula is C14H31NO4. The third-order valence-corrected chi connectivity index (χ3v) is 2.62. The van der Waals surface area contributed by atoms with E-state index in [0.29, 0.717) is 38.9 Å². The Hall–Kier alpha value is -0.200. The number of rotatable bonds is 14. The highest BCUT2D eigenvalue weighted by molar-refractivity contribution is 4.58. The van der Waals surface area contributed by atoms with Gasteiger partial charge in [-0.3, -0.25) is 0 Å². The summed E-state index contributed by atoms with van der Waals surface area (Å²) in [6.07, 6.45) is 1.79. The average Bonchev–Trinajstić information content (AvgIpc) is 2.37. The summed E-state index contributed by atoms with van der Waals surface area (Å²) < 4.78 is 15.6. The summed E-state index contributed by atoms with van der Waals surface area (Å²) in [7, 11) is 1.65. The molecule has 1 atom stereocenters. The first-order valence-electron chi connectivity index (χ1n) is 7.20. The normalized spacial score (nSPS) is 13.1. The Morgan fingerprint density at radius 3 is 2.53 bits per heavy atom.